The van der Waals surface area contributed by atoms with Gasteiger partial charge in [0.1, 0.15) is 0 Å². The van der Waals surface area contributed by atoms with Crippen molar-refractivity contribution in [2.24, 2.45) is 7.05 Å². The molecule has 7 nitrogen and oxygen atoms in total. The fraction of sp³-hybridized carbons (Fsp3) is 0.222. The lowest BCUT2D eigenvalue weighted by molar-refractivity contribution is 0.399. The lowest BCUT2D eigenvalue weighted by atomic mass is 10.4. The minimum absolute atomic E-state index is 0.338. The molecule has 0 amide bonds. The maximum Gasteiger partial charge on any atom is 0.268 e. The summed E-state index contributed by atoms with van der Waals surface area (Å²) in [5.41, 5.74) is 0.709. The van der Waals surface area contributed by atoms with Crippen LogP contribution in [0.5, 0.6) is 5.88 Å². The van der Waals surface area contributed by atoms with Crippen LogP contribution in [0.25, 0.3) is 11.0 Å². The molecule has 3 aromatic rings. The third-order valence-corrected chi connectivity index (χ3v) is 5.18. The van der Waals surface area contributed by atoms with Crippen LogP contribution in [0.1, 0.15) is 0 Å². The molecule has 3 rings (SSSR count). The van der Waals surface area contributed by atoms with Crippen LogP contribution in [0.15, 0.2) is 22.7 Å². The van der Waals surface area contributed by atoms with Gasteiger partial charge in [0, 0.05) is 13.1 Å². The molecule has 3 heterocycles. The van der Waals surface area contributed by atoms with E-state index in [1.807, 2.05) is 12.1 Å². The van der Waals surface area contributed by atoms with Gasteiger partial charge in [-0.15, -0.1) is 0 Å². The van der Waals surface area contributed by atoms with E-state index in [1.54, 1.807) is 18.8 Å². The summed E-state index contributed by atoms with van der Waals surface area (Å²) in [7, 11) is 4.56. The Kier molecular flexibility index (Phi) is 2.84. The van der Waals surface area contributed by atoms with Crippen LogP contribution in [0.2, 0.25) is 0 Å². The van der Waals surface area contributed by atoms with Crippen LogP contribution in [-0.2, 0) is 7.05 Å². The van der Waals surface area contributed by atoms with Gasteiger partial charge in [-0.2, -0.15) is 4.98 Å². The Hall–Kier alpha value is -1.74. The molecule has 0 aliphatic heterocycles. The first-order valence-corrected chi connectivity index (χ1v) is 7.59. The maximum atomic E-state index is 5.07. The van der Waals surface area contributed by atoms with Crippen molar-refractivity contribution in [1.82, 2.24) is 29.6 Å². The molecule has 0 saturated carbocycles. The lowest BCUT2D eigenvalue weighted by Gasteiger charge is -1.93. The quantitative estimate of drug-likeness (QED) is 0.531. The Bertz CT molecular complexity index is 693. The zero-order valence-corrected chi connectivity index (χ0v) is 11.3. The molecule has 0 radical (unpaired) electrons. The number of fused-ring (bicyclic) bond motifs is 1. The molecule has 0 spiro atoms. The lowest BCUT2D eigenvalue weighted by Crippen LogP contribution is -1.91. The number of tetrazole rings is 1. The first-order chi connectivity index (χ1) is 8.76. The Balaban J connectivity index is 1.96. The van der Waals surface area contributed by atoms with Gasteiger partial charge >= 0.3 is 0 Å². The third kappa shape index (κ3) is 2.02. The summed E-state index contributed by atoms with van der Waals surface area (Å²) in [6.45, 7) is 0. The van der Waals surface area contributed by atoms with E-state index in [0.717, 1.165) is 10.5 Å². The van der Waals surface area contributed by atoms with Gasteiger partial charge in [-0.25, -0.2) is 4.68 Å². The molecule has 18 heavy (non-hydrogen) atoms. The van der Waals surface area contributed by atoms with Gasteiger partial charge in [-0.1, -0.05) is 5.10 Å². The number of pyridine rings is 1. The molecule has 1 unspecified atom stereocenters. The molecule has 0 fully saturated rings. The van der Waals surface area contributed by atoms with Gasteiger partial charge in [0.05, 0.1) is 12.5 Å². The van der Waals surface area contributed by atoms with E-state index in [4.69, 9.17) is 4.74 Å². The maximum absolute atomic E-state index is 5.07. The first kappa shape index (κ1) is 11.4. The monoisotopic (exact) mass is 281 g/mol. The molecule has 0 N–H and O–H groups in total. The smallest absolute Gasteiger partial charge is 0.268 e. The van der Waals surface area contributed by atoms with Gasteiger partial charge in [-0.3, -0.25) is 0 Å². The highest BCUT2D eigenvalue weighted by molar-refractivity contribution is 8.44. The summed E-state index contributed by atoms with van der Waals surface area (Å²) in [4.78, 5) is 4.29. The highest BCUT2D eigenvalue weighted by Crippen LogP contribution is 2.37. The Morgan fingerprint density at radius 3 is 3.00 bits per heavy atom. The molecule has 3 aromatic heterocycles. The van der Waals surface area contributed by atoms with Crippen LogP contribution >= 0.6 is 20.5 Å². The number of methoxy groups -OCH3 is 1. The Morgan fingerprint density at radius 1 is 1.39 bits per heavy atom. The standard InChI is InChI=1S/C9H9N6OS2/c1-15-9(11-13-14-15)17-18-5-6-3-4-7(16-2)10-8(6)12-18/h3-5H,1-2H3/q+1. The molecular formula is C9H9N6OS2+. The van der Waals surface area contributed by atoms with Crippen LogP contribution in [-0.4, -0.2) is 36.7 Å². The van der Waals surface area contributed by atoms with E-state index in [-0.39, 0.29) is 9.70 Å². The Labute approximate surface area is 109 Å². The van der Waals surface area contributed by atoms with Gasteiger partial charge in [-0.05, 0) is 20.9 Å². The summed E-state index contributed by atoms with van der Waals surface area (Å²) in [5.74, 6) is 0.571. The van der Waals surface area contributed by atoms with Crippen molar-refractivity contribution in [2.45, 2.75) is 5.16 Å². The number of ether oxygens (including phenoxy) is 1. The average Bonchev–Trinajstić information content (AvgIpc) is 2.95. The van der Waals surface area contributed by atoms with Crippen molar-refractivity contribution in [3.63, 3.8) is 0 Å². The molecular weight excluding hydrogens is 272 g/mol. The second-order valence-electron chi connectivity index (χ2n) is 3.42. The zero-order chi connectivity index (χ0) is 12.5. The number of nitrogens with zero attached hydrogens (tertiary/aromatic N) is 6. The average molecular weight is 281 g/mol. The number of aryl methyl sites for hydroxylation is 1. The molecule has 92 valence electrons. The van der Waals surface area contributed by atoms with Gasteiger partial charge in [0.15, 0.2) is 15.1 Å². The fourth-order valence-corrected chi connectivity index (χ4v) is 4.24. The second-order valence-corrected chi connectivity index (χ2v) is 6.45. The van der Waals surface area contributed by atoms with E-state index in [9.17, 15) is 0 Å². The Morgan fingerprint density at radius 2 is 2.28 bits per heavy atom. The largest absolute Gasteiger partial charge is 0.481 e. The molecule has 0 aromatic carbocycles. The molecule has 9 heteroatoms. The number of rotatable bonds is 3. The highest BCUT2D eigenvalue weighted by atomic mass is 33.1. The van der Waals surface area contributed by atoms with Crippen LogP contribution in [0.3, 0.4) is 0 Å². The fourth-order valence-electron chi connectivity index (χ4n) is 1.35. The molecule has 0 aliphatic carbocycles. The molecule has 1 atom stereocenters. The van der Waals surface area contributed by atoms with Gasteiger partial charge in [0.2, 0.25) is 22.3 Å². The normalized spacial score (nSPS) is 12.0. The summed E-state index contributed by atoms with van der Waals surface area (Å²) >= 11 is 0. The minimum Gasteiger partial charge on any atom is -0.481 e. The van der Waals surface area contributed by atoms with E-state index in [0.29, 0.717) is 11.5 Å². The summed E-state index contributed by atoms with van der Waals surface area (Å²) < 4.78 is 11.2. The van der Waals surface area contributed by atoms with E-state index < -0.39 is 0 Å². The van der Waals surface area contributed by atoms with Crippen molar-refractivity contribution >= 4 is 31.5 Å². The zero-order valence-electron chi connectivity index (χ0n) is 9.64. The summed E-state index contributed by atoms with van der Waals surface area (Å²) in [6.07, 6.45) is 0. The summed E-state index contributed by atoms with van der Waals surface area (Å²) in [5, 5.41) is 15.1. The van der Waals surface area contributed by atoms with E-state index in [2.05, 4.69) is 30.3 Å². The van der Waals surface area contributed by atoms with Gasteiger partial charge in [0.25, 0.3) is 5.16 Å². The van der Waals surface area contributed by atoms with Crippen LogP contribution in [0.4, 0.5) is 0 Å². The van der Waals surface area contributed by atoms with Crippen molar-refractivity contribution in [3.8, 4) is 5.88 Å². The van der Waals surface area contributed by atoms with Crippen molar-refractivity contribution in [2.75, 3.05) is 7.11 Å². The van der Waals surface area contributed by atoms with Crippen molar-refractivity contribution < 1.29 is 4.74 Å². The SMILES string of the molecule is COc1ccc2c[s+](Sc3nnnn3C)nc2n1. The van der Waals surface area contributed by atoms with E-state index in [1.165, 1.54) is 10.8 Å². The van der Waals surface area contributed by atoms with Crippen molar-refractivity contribution in [1.29, 1.82) is 0 Å². The number of aromatic nitrogens is 6. The molecule has 0 bridgehead atoms. The predicted molar refractivity (Wildman–Crippen MR) is 68.6 cm³/mol. The topological polar surface area (TPSA) is 78.6 Å². The molecule has 0 saturated heterocycles. The summed E-state index contributed by atoms with van der Waals surface area (Å²) in [6, 6.07) is 3.78. The third-order valence-electron chi connectivity index (χ3n) is 2.23. The number of hydrogen-bond acceptors (Lipinski definition) is 7. The number of hydrogen-bond donors (Lipinski definition) is 0. The highest BCUT2D eigenvalue weighted by Gasteiger charge is 2.20. The molecule has 0 aliphatic rings. The van der Waals surface area contributed by atoms with Gasteiger partial charge < -0.3 is 4.74 Å². The predicted octanol–water partition coefficient (Wildman–Crippen LogP) is 1.47. The minimum atomic E-state index is -0.338. The van der Waals surface area contributed by atoms with Crippen LogP contribution in [0, 0.1) is 0 Å². The van der Waals surface area contributed by atoms with Crippen molar-refractivity contribution in [3.05, 3.63) is 17.5 Å². The van der Waals surface area contributed by atoms with Crippen LogP contribution < -0.4 is 4.74 Å². The second kappa shape index (κ2) is 4.50. The first-order valence-electron chi connectivity index (χ1n) is 5.02. The van der Waals surface area contributed by atoms with E-state index >= 15 is 0 Å².